The predicted octanol–water partition coefficient (Wildman–Crippen LogP) is 4.27. The van der Waals surface area contributed by atoms with Crippen LogP contribution in [0.2, 0.25) is 0 Å². The lowest BCUT2D eigenvalue weighted by molar-refractivity contribution is 0.0774. The summed E-state index contributed by atoms with van der Waals surface area (Å²) in [7, 11) is 0. The predicted molar refractivity (Wildman–Crippen MR) is 79.9 cm³/mol. The molecule has 0 bridgehead atoms. The Kier molecular flexibility index (Phi) is 4.06. The van der Waals surface area contributed by atoms with Gasteiger partial charge in [-0.15, -0.1) is 0 Å². The zero-order chi connectivity index (χ0) is 13.9. The zero-order valence-electron chi connectivity index (χ0n) is 11.6. The molecule has 1 radical (unpaired) electrons. The second kappa shape index (κ2) is 5.58. The van der Waals surface area contributed by atoms with Crippen molar-refractivity contribution in [2.24, 2.45) is 0 Å². The van der Waals surface area contributed by atoms with E-state index in [1.807, 2.05) is 50.2 Å². The summed E-state index contributed by atoms with van der Waals surface area (Å²) in [5.41, 5.74) is 2.55. The minimum atomic E-state index is -0.835. The van der Waals surface area contributed by atoms with Crippen LogP contribution in [0.25, 0.3) is 0 Å². The van der Waals surface area contributed by atoms with Crippen LogP contribution < -0.4 is 0 Å². The van der Waals surface area contributed by atoms with Crippen molar-refractivity contribution in [3.8, 4) is 0 Å². The molecular formula is C18H21O. The molecule has 0 saturated carbocycles. The smallest absolute Gasteiger partial charge is 0.0843 e. The molecule has 0 fully saturated rings. The Labute approximate surface area is 115 Å². The van der Waals surface area contributed by atoms with Gasteiger partial charge >= 0.3 is 0 Å². The Balaban J connectivity index is 2.51. The molecule has 1 N–H and O–H groups in total. The normalized spacial score (nSPS) is 13.3. The fourth-order valence-electron chi connectivity index (χ4n) is 2.55. The monoisotopic (exact) mass is 253 g/mol. The van der Waals surface area contributed by atoms with E-state index in [-0.39, 0.29) is 5.92 Å². The van der Waals surface area contributed by atoms with E-state index in [0.29, 0.717) is 0 Å². The third-order valence-electron chi connectivity index (χ3n) is 3.49. The molecule has 2 aromatic rings. The van der Waals surface area contributed by atoms with E-state index in [1.165, 1.54) is 5.56 Å². The van der Waals surface area contributed by atoms with Gasteiger partial charge in [0, 0.05) is 5.92 Å². The summed E-state index contributed by atoms with van der Waals surface area (Å²) >= 11 is 0. The van der Waals surface area contributed by atoms with Crippen LogP contribution in [-0.4, -0.2) is 5.11 Å². The number of benzene rings is 2. The molecule has 0 spiro atoms. The molecule has 0 aliphatic rings. The standard InChI is InChI=1S/C18H21O/c1-4-15(14-10-6-5-7-11-14)16-12-8-9-13-17(16)18(2,3)19/h5-13,15,19H,1,4H2,2-3H3. The third-order valence-corrected chi connectivity index (χ3v) is 3.49. The minimum Gasteiger partial charge on any atom is -0.386 e. The number of hydrogen-bond donors (Lipinski definition) is 1. The number of hydrogen-bond acceptors (Lipinski definition) is 1. The van der Waals surface area contributed by atoms with E-state index in [4.69, 9.17) is 0 Å². The van der Waals surface area contributed by atoms with Gasteiger partial charge < -0.3 is 5.11 Å². The maximum Gasteiger partial charge on any atom is 0.0843 e. The fraction of sp³-hybridized carbons (Fsp3) is 0.278. The van der Waals surface area contributed by atoms with Crippen molar-refractivity contribution in [2.45, 2.75) is 31.8 Å². The first kappa shape index (κ1) is 13.8. The summed E-state index contributed by atoms with van der Waals surface area (Å²) in [6.07, 6.45) is 0.775. The van der Waals surface area contributed by atoms with Crippen molar-refractivity contribution < 1.29 is 5.11 Å². The topological polar surface area (TPSA) is 20.2 Å². The molecule has 2 aromatic carbocycles. The van der Waals surface area contributed by atoms with Crippen LogP contribution in [0.15, 0.2) is 54.6 Å². The van der Waals surface area contributed by atoms with Gasteiger partial charge in [-0.05, 0) is 37.0 Å². The molecule has 0 aliphatic heterocycles. The summed E-state index contributed by atoms with van der Waals surface area (Å²) in [5, 5.41) is 10.3. The summed E-state index contributed by atoms with van der Waals surface area (Å²) in [6, 6.07) is 18.4. The SMILES string of the molecule is [CH2]CC(c1ccccc1)c1ccccc1C(C)(C)O. The Bertz CT molecular complexity index is 523. The van der Waals surface area contributed by atoms with Crippen LogP contribution in [-0.2, 0) is 5.60 Å². The molecule has 0 saturated heterocycles. The fourth-order valence-corrected chi connectivity index (χ4v) is 2.55. The quantitative estimate of drug-likeness (QED) is 0.862. The van der Waals surface area contributed by atoms with Crippen molar-refractivity contribution in [3.05, 3.63) is 78.2 Å². The maximum atomic E-state index is 10.3. The Morgan fingerprint density at radius 2 is 1.58 bits per heavy atom. The molecule has 0 heterocycles. The van der Waals surface area contributed by atoms with Crippen LogP contribution >= 0.6 is 0 Å². The van der Waals surface area contributed by atoms with Gasteiger partial charge in [0.25, 0.3) is 0 Å². The van der Waals surface area contributed by atoms with Gasteiger partial charge in [0.05, 0.1) is 5.60 Å². The highest BCUT2D eigenvalue weighted by Crippen LogP contribution is 2.34. The summed E-state index contributed by atoms with van der Waals surface area (Å²) in [5.74, 6) is 0.226. The molecule has 1 nitrogen and oxygen atoms in total. The van der Waals surface area contributed by atoms with E-state index >= 15 is 0 Å². The molecular weight excluding hydrogens is 232 g/mol. The van der Waals surface area contributed by atoms with Crippen molar-refractivity contribution in [1.29, 1.82) is 0 Å². The highest BCUT2D eigenvalue weighted by Gasteiger charge is 2.23. The second-order valence-corrected chi connectivity index (χ2v) is 5.40. The lowest BCUT2D eigenvalue weighted by atomic mass is 9.82. The van der Waals surface area contributed by atoms with Gasteiger partial charge in [-0.1, -0.05) is 61.5 Å². The van der Waals surface area contributed by atoms with Gasteiger partial charge in [-0.25, -0.2) is 0 Å². The van der Waals surface area contributed by atoms with Gasteiger partial charge in [-0.3, -0.25) is 0 Å². The zero-order valence-corrected chi connectivity index (χ0v) is 11.6. The second-order valence-electron chi connectivity index (χ2n) is 5.40. The average molecular weight is 253 g/mol. The maximum absolute atomic E-state index is 10.3. The molecule has 2 rings (SSSR count). The van der Waals surface area contributed by atoms with E-state index in [0.717, 1.165) is 17.5 Å². The molecule has 1 atom stereocenters. The third kappa shape index (κ3) is 3.05. The van der Waals surface area contributed by atoms with Crippen LogP contribution in [0.3, 0.4) is 0 Å². The summed E-state index contributed by atoms with van der Waals surface area (Å²) in [4.78, 5) is 0. The van der Waals surface area contributed by atoms with Gasteiger partial charge in [0.2, 0.25) is 0 Å². The summed E-state index contributed by atoms with van der Waals surface area (Å²) < 4.78 is 0. The highest BCUT2D eigenvalue weighted by atomic mass is 16.3. The number of rotatable bonds is 4. The van der Waals surface area contributed by atoms with Crippen LogP contribution in [0.5, 0.6) is 0 Å². The highest BCUT2D eigenvalue weighted by molar-refractivity contribution is 5.40. The Morgan fingerprint density at radius 3 is 2.16 bits per heavy atom. The average Bonchev–Trinajstić information content (AvgIpc) is 2.40. The molecule has 99 valence electrons. The first-order chi connectivity index (χ1) is 9.04. The minimum absolute atomic E-state index is 0.226. The van der Waals surface area contributed by atoms with Crippen LogP contribution in [0, 0.1) is 6.92 Å². The Morgan fingerprint density at radius 1 is 1.00 bits per heavy atom. The first-order valence-electron chi connectivity index (χ1n) is 6.70. The molecule has 1 unspecified atom stereocenters. The van der Waals surface area contributed by atoms with Gasteiger partial charge in [-0.2, -0.15) is 0 Å². The van der Waals surface area contributed by atoms with E-state index in [2.05, 4.69) is 25.1 Å². The summed E-state index contributed by atoms with van der Waals surface area (Å²) in [6.45, 7) is 7.74. The molecule has 0 aromatic heterocycles. The van der Waals surface area contributed by atoms with Crippen molar-refractivity contribution in [2.75, 3.05) is 0 Å². The van der Waals surface area contributed by atoms with E-state index in [1.54, 1.807) is 0 Å². The van der Waals surface area contributed by atoms with E-state index in [9.17, 15) is 5.11 Å². The molecule has 0 aliphatic carbocycles. The van der Waals surface area contributed by atoms with Crippen LogP contribution in [0.4, 0.5) is 0 Å². The van der Waals surface area contributed by atoms with Crippen LogP contribution in [0.1, 0.15) is 42.9 Å². The van der Waals surface area contributed by atoms with Crippen molar-refractivity contribution >= 4 is 0 Å². The number of aliphatic hydroxyl groups is 1. The molecule has 1 heteroatoms. The lowest BCUT2D eigenvalue weighted by Crippen LogP contribution is -2.19. The van der Waals surface area contributed by atoms with Gasteiger partial charge in [0.1, 0.15) is 0 Å². The molecule has 0 amide bonds. The van der Waals surface area contributed by atoms with Crippen molar-refractivity contribution in [1.82, 2.24) is 0 Å². The first-order valence-corrected chi connectivity index (χ1v) is 6.70. The Hall–Kier alpha value is -1.60. The van der Waals surface area contributed by atoms with E-state index < -0.39 is 5.60 Å². The lowest BCUT2D eigenvalue weighted by Gasteiger charge is -2.26. The molecule has 19 heavy (non-hydrogen) atoms. The van der Waals surface area contributed by atoms with Crippen molar-refractivity contribution in [3.63, 3.8) is 0 Å². The van der Waals surface area contributed by atoms with Gasteiger partial charge in [0.15, 0.2) is 0 Å². The largest absolute Gasteiger partial charge is 0.386 e.